The van der Waals surface area contributed by atoms with Gasteiger partial charge in [-0.05, 0) is 38.6 Å². The van der Waals surface area contributed by atoms with E-state index in [4.69, 9.17) is 0 Å². The molecular weight excluding hydrogens is 344 g/mol. The van der Waals surface area contributed by atoms with Crippen LogP contribution in [-0.2, 0) is 13.6 Å². The molecule has 0 saturated carbocycles. The average molecular weight is 372 g/mol. The van der Waals surface area contributed by atoms with Crippen LogP contribution in [0.2, 0.25) is 0 Å². The van der Waals surface area contributed by atoms with Crippen LogP contribution in [0.5, 0.6) is 0 Å². The molecular formula is C18H28N8O. The molecule has 2 saturated heterocycles. The van der Waals surface area contributed by atoms with Crippen molar-refractivity contribution in [1.82, 2.24) is 40.0 Å². The topological polar surface area (TPSA) is 93.8 Å². The summed E-state index contributed by atoms with van der Waals surface area (Å²) >= 11 is 0. The number of likely N-dealkylation sites (tertiary alicyclic amines) is 1. The Balaban J connectivity index is 1.28. The summed E-state index contributed by atoms with van der Waals surface area (Å²) in [5, 5.41) is 20.0. The number of carbonyl (C=O) groups is 1. The van der Waals surface area contributed by atoms with Gasteiger partial charge in [0.2, 0.25) is 0 Å². The molecule has 1 atom stereocenters. The second-order valence-corrected chi connectivity index (χ2v) is 7.67. The molecule has 2 fully saturated rings. The standard InChI is InChI=1S/C18H28N8O/c1-24-13-20-22-17(24)14-5-9-25(10-6-14)18(27)16-12-26(23-21-16)11-7-15-4-2-3-8-19-15/h12-15,19H,2-11H2,1H3/t15-/m0/s1. The first kappa shape index (κ1) is 18.1. The molecule has 2 aliphatic heterocycles. The van der Waals surface area contributed by atoms with E-state index in [0.29, 0.717) is 17.7 Å². The first-order valence-corrected chi connectivity index (χ1v) is 9.97. The Morgan fingerprint density at radius 1 is 1.22 bits per heavy atom. The number of hydrogen-bond donors (Lipinski definition) is 1. The summed E-state index contributed by atoms with van der Waals surface area (Å²) in [5.41, 5.74) is 0.448. The third-order valence-corrected chi connectivity index (χ3v) is 5.77. The Morgan fingerprint density at radius 3 is 2.78 bits per heavy atom. The lowest BCUT2D eigenvalue weighted by Crippen LogP contribution is -2.38. The van der Waals surface area contributed by atoms with Gasteiger partial charge in [-0.3, -0.25) is 9.48 Å². The van der Waals surface area contributed by atoms with Crippen LogP contribution in [0.1, 0.15) is 60.8 Å². The maximum absolute atomic E-state index is 12.7. The highest BCUT2D eigenvalue weighted by molar-refractivity contribution is 5.92. The van der Waals surface area contributed by atoms with Crippen LogP contribution in [0.25, 0.3) is 0 Å². The number of nitrogens with zero attached hydrogens (tertiary/aromatic N) is 7. The van der Waals surface area contributed by atoms with E-state index >= 15 is 0 Å². The predicted octanol–water partition coefficient (Wildman–Crippen LogP) is 0.959. The second kappa shape index (κ2) is 8.16. The van der Waals surface area contributed by atoms with Gasteiger partial charge in [-0.1, -0.05) is 11.6 Å². The van der Waals surface area contributed by atoms with Crippen molar-refractivity contribution in [1.29, 1.82) is 0 Å². The molecule has 0 bridgehead atoms. The van der Waals surface area contributed by atoms with Crippen molar-refractivity contribution in [2.45, 2.75) is 57.0 Å². The first-order chi connectivity index (χ1) is 13.2. The van der Waals surface area contributed by atoms with Crippen LogP contribution < -0.4 is 5.32 Å². The van der Waals surface area contributed by atoms with Gasteiger partial charge < -0.3 is 14.8 Å². The molecule has 1 N–H and O–H groups in total. The van der Waals surface area contributed by atoms with Crippen LogP contribution >= 0.6 is 0 Å². The van der Waals surface area contributed by atoms with E-state index in [1.807, 2.05) is 16.5 Å². The van der Waals surface area contributed by atoms with Crippen LogP contribution in [0.4, 0.5) is 0 Å². The fourth-order valence-corrected chi connectivity index (χ4v) is 4.13. The highest BCUT2D eigenvalue weighted by atomic mass is 16.2. The number of aromatic nitrogens is 6. The minimum Gasteiger partial charge on any atom is -0.337 e. The monoisotopic (exact) mass is 372 g/mol. The third-order valence-electron chi connectivity index (χ3n) is 5.77. The molecule has 2 aromatic rings. The summed E-state index contributed by atoms with van der Waals surface area (Å²) in [7, 11) is 1.97. The molecule has 4 rings (SSSR count). The summed E-state index contributed by atoms with van der Waals surface area (Å²) in [6.07, 6.45) is 10.1. The smallest absolute Gasteiger partial charge is 0.276 e. The molecule has 0 unspecified atom stereocenters. The number of carbonyl (C=O) groups excluding carboxylic acids is 1. The number of amides is 1. The molecule has 0 aliphatic carbocycles. The van der Waals surface area contributed by atoms with Gasteiger partial charge in [0, 0.05) is 38.6 Å². The molecule has 2 aromatic heterocycles. The van der Waals surface area contributed by atoms with Gasteiger partial charge in [0.25, 0.3) is 5.91 Å². The van der Waals surface area contributed by atoms with Crippen LogP contribution in [-0.4, -0.2) is 66.2 Å². The van der Waals surface area contributed by atoms with Crippen LogP contribution in [0.3, 0.4) is 0 Å². The maximum atomic E-state index is 12.7. The molecule has 146 valence electrons. The molecule has 9 nitrogen and oxygen atoms in total. The van der Waals surface area contributed by atoms with Crippen molar-refractivity contribution < 1.29 is 4.79 Å². The number of aryl methyl sites for hydroxylation is 2. The lowest BCUT2D eigenvalue weighted by Gasteiger charge is -2.30. The lowest BCUT2D eigenvalue weighted by atomic mass is 9.96. The highest BCUT2D eigenvalue weighted by Crippen LogP contribution is 2.26. The SMILES string of the molecule is Cn1cnnc1C1CCN(C(=O)c2cn(CC[C@@H]3CCCCN3)nn2)CC1. The van der Waals surface area contributed by atoms with E-state index in [-0.39, 0.29) is 5.91 Å². The number of rotatable bonds is 5. The summed E-state index contributed by atoms with van der Waals surface area (Å²) in [6.45, 7) is 3.34. The summed E-state index contributed by atoms with van der Waals surface area (Å²) in [6, 6.07) is 0.557. The Morgan fingerprint density at radius 2 is 2.07 bits per heavy atom. The first-order valence-electron chi connectivity index (χ1n) is 9.97. The van der Waals surface area contributed by atoms with Crippen molar-refractivity contribution in [2.24, 2.45) is 7.05 Å². The van der Waals surface area contributed by atoms with Crippen LogP contribution in [0, 0.1) is 0 Å². The summed E-state index contributed by atoms with van der Waals surface area (Å²) in [5.74, 6) is 1.35. The fourth-order valence-electron chi connectivity index (χ4n) is 4.13. The minimum atomic E-state index is -0.0199. The minimum absolute atomic E-state index is 0.0199. The molecule has 0 radical (unpaired) electrons. The van der Waals surface area contributed by atoms with Crippen LogP contribution in [0.15, 0.2) is 12.5 Å². The van der Waals surface area contributed by atoms with Gasteiger partial charge in [-0.15, -0.1) is 15.3 Å². The maximum Gasteiger partial charge on any atom is 0.276 e. The normalized spacial score (nSPS) is 21.5. The van der Waals surface area contributed by atoms with Crippen molar-refractivity contribution >= 4 is 5.91 Å². The van der Waals surface area contributed by atoms with E-state index < -0.39 is 0 Å². The van der Waals surface area contributed by atoms with E-state index in [0.717, 1.165) is 51.3 Å². The lowest BCUT2D eigenvalue weighted by molar-refractivity contribution is 0.0704. The van der Waals surface area contributed by atoms with E-state index in [9.17, 15) is 4.79 Å². The predicted molar refractivity (Wildman–Crippen MR) is 99.2 cm³/mol. The number of piperidine rings is 2. The van der Waals surface area contributed by atoms with Gasteiger partial charge >= 0.3 is 0 Å². The van der Waals surface area contributed by atoms with Crippen molar-refractivity contribution in [3.8, 4) is 0 Å². The zero-order valence-electron chi connectivity index (χ0n) is 15.9. The van der Waals surface area contributed by atoms with Gasteiger partial charge in [0.1, 0.15) is 12.2 Å². The Bertz CT molecular complexity index is 755. The fraction of sp³-hybridized carbons (Fsp3) is 0.722. The van der Waals surface area contributed by atoms with Gasteiger partial charge in [-0.2, -0.15) is 0 Å². The van der Waals surface area contributed by atoms with Crippen molar-refractivity contribution in [3.63, 3.8) is 0 Å². The summed E-state index contributed by atoms with van der Waals surface area (Å²) < 4.78 is 3.77. The quantitative estimate of drug-likeness (QED) is 0.840. The van der Waals surface area contributed by atoms with E-state index in [1.54, 1.807) is 17.2 Å². The van der Waals surface area contributed by atoms with Crippen molar-refractivity contribution in [3.05, 3.63) is 24.0 Å². The molecule has 0 aromatic carbocycles. The molecule has 4 heterocycles. The Kier molecular flexibility index (Phi) is 5.47. The third kappa shape index (κ3) is 4.18. The second-order valence-electron chi connectivity index (χ2n) is 7.67. The zero-order chi connectivity index (χ0) is 18.6. The summed E-state index contributed by atoms with van der Waals surface area (Å²) in [4.78, 5) is 14.6. The van der Waals surface area contributed by atoms with E-state index in [1.165, 1.54) is 19.3 Å². The molecule has 9 heteroatoms. The molecule has 0 spiro atoms. The largest absolute Gasteiger partial charge is 0.337 e. The van der Waals surface area contributed by atoms with Gasteiger partial charge in [-0.25, -0.2) is 0 Å². The van der Waals surface area contributed by atoms with E-state index in [2.05, 4.69) is 25.8 Å². The zero-order valence-corrected chi connectivity index (χ0v) is 15.9. The average Bonchev–Trinajstić information content (AvgIpc) is 3.36. The number of nitrogens with one attached hydrogen (secondary N) is 1. The highest BCUT2D eigenvalue weighted by Gasteiger charge is 2.28. The van der Waals surface area contributed by atoms with Crippen molar-refractivity contribution in [2.75, 3.05) is 19.6 Å². The Hall–Kier alpha value is -2.29. The van der Waals surface area contributed by atoms with Gasteiger partial charge in [0.15, 0.2) is 5.69 Å². The van der Waals surface area contributed by atoms with Gasteiger partial charge in [0.05, 0.1) is 6.20 Å². The molecule has 27 heavy (non-hydrogen) atoms. The molecule has 1 amide bonds. The molecule has 2 aliphatic rings. The Labute approximate surface area is 159 Å². The number of hydrogen-bond acceptors (Lipinski definition) is 6.